The molecule has 512 valence electrons. The summed E-state index contributed by atoms with van der Waals surface area (Å²) in [5.41, 5.74) is 11.4. The highest BCUT2D eigenvalue weighted by atomic mass is 35.5. The molecule has 2 amide bonds. The lowest BCUT2D eigenvalue weighted by atomic mass is 10.2. The second-order valence-corrected chi connectivity index (χ2v) is 30.8. The smallest absolute Gasteiger partial charge is 0.304 e. The van der Waals surface area contributed by atoms with Crippen LogP contribution in [-0.2, 0) is 44.5 Å². The molecule has 94 heavy (non-hydrogen) atoms. The summed E-state index contributed by atoms with van der Waals surface area (Å²) >= 11 is 35.5. The number of hydrogen-bond acceptors (Lipinski definition) is 16. The first-order valence-corrected chi connectivity index (χ1v) is 36.4. The number of sulfonamides is 3. The van der Waals surface area contributed by atoms with E-state index in [0.29, 0.717) is 11.4 Å². The van der Waals surface area contributed by atoms with Crippen molar-refractivity contribution < 1.29 is 44.7 Å². The third-order valence-corrected chi connectivity index (χ3v) is 24.1. The molecule has 6 aromatic carbocycles. The average molecular weight is 1470 g/mol. The minimum atomic E-state index is -3.85. The van der Waals surface area contributed by atoms with Gasteiger partial charge in [0.15, 0.2) is 0 Å². The highest BCUT2D eigenvalue weighted by Gasteiger charge is 2.28. The first-order chi connectivity index (χ1) is 44.4. The van der Waals surface area contributed by atoms with Gasteiger partial charge in [-0.25, -0.2) is 38.2 Å². The molecule has 31 heteroatoms. The molecule has 22 nitrogen and oxygen atoms in total. The normalized spacial score (nSPS) is 15.1. The molecule has 0 bridgehead atoms. The number of nitrogens with two attached hydrogens (primary N) is 1. The van der Waals surface area contributed by atoms with Crippen LogP contribution in [0.5, 0.6) is 0 Å². The van der Waals surface area contributed by atoms with E-state index in [-0.39, 0.29) is 95.5 Å². The number of amides is 2. The highest BCUT2D eigenvalue weighted by molar-refractivity contribution is 7.89. The fourth-order valence-electron chi connectivity index (χ4n) is 9.52. The minimum Gasteiger partial charge on any atom is -0.481 e. The Kier molecular flexibility index (Phi) is 29.6. The molecule has 0 saturated carbocycles. The molecule has 0 unspecified atom stereocenters. The lowest BCUT2D eigenvalue weighted by Crippen LogP contribution is -2.44. The number of carbonyl (C=O) groups excluding carboxylic acids is 2. The second kappa shape index (κ2) is 36.0. The number of hydrogen-bond donors (Lipinski definition) is 4. The van der Waals surface area contributed by atoms with Crippen LogP contribution in [-0.4, -0.2) is 216 Å². The van der Waals surface area contributed by atoms with Gasteiger partial charge in [0, 0.05) is 166 Å². The number of halogens is 6. The first kappa shape index (κ1) is 77.3. The van der Waals surface area contributed by atoms with Crippen molar-refractivity contribution in [1.82, 2.24) is 27.6 Å². The molecule has 0 spiro atoms. The SMILES string of the molecule is CN(CCC(=O)O)S(=O)(=O)c1cccc(Cl)c1Cl.CN1CCN(c2ccc(N)cc2)CC1.CN1CCN(c2ccc(NC(=O)CCN(C)S(=O)(=O)c3cccc(Cl)c3Cl)cc2)CC1.CN1CCN(c2ccc(NC(=O)CCN(C)S(=O)(=O)c3cccc(Cl)c3Cl)cc2)CC1. The highest BCUT2D eigenvalue weighted by Crippen LogP contribution is 2.34. The van der Waals surface area contributed by atoms with Crippen molar-refractivity contribution in [2.24, 2.45) is 0 Å². The summed E-state index contributed by atoms with van der Waals surface area (Å²) in [5, 5.41) is 14.5. The Labute approximate surface area is 582 Å². The first-order valence-electron chi connectivity index (χ1n) is 29.8. The van der Waals surface area contributed by atoms with Crippen LogP contribution in [0.2, 0.25) is 30.1 Å². The van der Waals surface area contributed by atoms with Gasteiger partial charge in [0.1, 0.15) is 14.7 Å². The lowest BCUT2D eigenvalue weighted by Gasteiger charge is -2.34. The molecule has 6 aromatic rings. The predicted octanol–water partition coefficient (Wildman–Crippen LogP) is 9.90. The third-order valence-electron chi connectivity index (χ3n) is 15.6. The van der Waals surface area contributed by atoms with E-state index in [2.05, 4.69) is 73.3 Å². The number of anilines is 6. The summed E-state index contributed by atoms with van der Waals surface area (Å²) in [6.45, 7) is 12.4. The monoisotopic (exact) mass is 1470 g/mol. The number of rotatable bonds is 20. The Morgan fingerprint density at radius 2 is 0.670 bits per heavy atom. The van der Waals surface area contributed by atoms with Crippen molar-refractivity contribution in [2.75, 3.05) is 172 Å². The van der Waals surface area contributed by atoms with E-state index < -0.39 is 36.0 Å². The van der Waals surface area contributed by atoms with Crippen LogP contribution in [0.25, 0.3) is 0 Å². The fraction of sp³-hybridized carbons (Fsp3) is 0.381. The van der Waals surface area contributed by atoms with E-state index in [9.17, 15) is 39.6 Å². The largest absolute Gasteiger partial charge is 0.481 e. The zero-order valence-corrected chi connectivity index (χ0v) is 60.1. The number of benzene rings is 6. The van der Waals surface area contributed by atoms with E-state index in [0.717, 1.165) is 109 Å². The summed E-state index contributed by atoms with van der Waals surface area (Å²) in [5.74, 6) is -1.62. The molecular weight excluding hydrogens is 1390 g/mol. The van der Waals surface area contributed by atoms with Gasteiger partial charge >= 0.3 is 5.97 Å². The summed E-state index contributed by atoms with van der Waals surface area (Å²) in [4.78, 5) is 48.8. The number of carbonyl (C=O) groups is 3. The standard InChI is InChI=1S/2C21H26Cl2N4O3S.C11H17N3.C10H11Cl2NO4S/c2*1-25-12-14-27(15-13-25)17-8-6-16(7-9-17)24-20(28)10-11-26(2)31(29,30)19-5-3-4-18(22)21(19)23;1-13-6-8-14(9-7-13)11-4-2-10(12)3-5-11;1-13(6-5-9(14)15)18(16,17)8-4-2-3-7(11)10(8)12/h2*3-9H,10-15H2,1-2H3,(H,24,28);2-5H,6-9,12H2,1H3;2-4H,5-6H2,1H3,(H,14,15). The van der Waals surface area contributed by atoms with Crippen molar-refractivity contribution in [2.45, 2.75) is 33.9 Å². The van der Waals surface area contributed by atoms with Crippen LogP contribution in [0, 0.1) is 0 Å². The van der Waals surface area contributed by atoms with Crippen molar-refractivity contribution in [3.05, 3.63) is 158 Å². The van der Waals surface area contributed by atoms with E-state index in [1.54, 1.807) is 0 Å². The van der Waals surface area contributed by atoms with Gasteiger partial charge in [-0.1, -0.05) is 87.8 Å². The maximum absolute atomic E-state index is 12.7. The van der Waals surface area contributed by atoms with Gasteiger partial charge in [-0.3, -0.25) is 14.4 Å². The van der Waals surface area contributed by atoms with Crippen LogP contribution >= 0.6 is 69.6 Å². The zero-order chi connectivity index (χ0) is 69.1. The molecule has 3 fully saturated rings. The number of nitrogen functional groups attached to an aromatic ring is 1. The van der Waals surface area contributed by atoms with Gasteiger partial charge in [-0.05, 0) is 130 Å². The summed E-state index contributed by atoms with van der Waals surface area (Å²) in [6.07, 6.45) is -0.268. The molecule has 9 rings (SSSR count). The lowest BCUT2D eigenvalue weighted by molar-refractivity contribution is -0.137. The molecule has 3 saturated heterocycles. The van der Waals surface area contributed by atoms with Crippen LogP contribution < -0.4 is 31.1 Å². The number of aliphatic carboxylic acids is 1. The fourth-order valence-corrected chi connectivity index (χ4v) is 15.2. The minimum absolute atomic E-state index is 0.00806. The Bertz CT molecular complexity index is 3680. The molecule has 0 atom stereocenters. The van der Waals surface area contributed by atoms with Gasteiger partial charge in [0.05, 0.1) is 36.6 Å². The van der Waals surface area contributed by atoms with Crippen molar-refractivity contribution in [1.29, 1.82) is 0 Å². The van der Waals surface area contributed by atoms with Crippen molar-refractivity contribution in [3.8, 4) is 0 Å². The van der Waals surface area contributed by atoms with Crippen LogP contribution in [0.4, 0.5) is 34.1 Å². The van der Waals surface area contributed by atoms with Gasteiger partial charge in [0.2, 0.25) is 41.9 Å². The van der Waals surface area contributed by atoms with Crippen molar-refractivity contribution >= 4 is 152 Å². The Hall–Kier alpha value is -5.72. The Balaban J connectivity index is 0.000000208. The molecule has 0 aliphatic carbocycles. The van der Waals surface area contributed by atoms with Crippen molar-refractivity contribution in [3.63, 3.8) is 0 Å². The zero-order valence-electron chi connectivity index (χ0n) is 53.1. The molecule has 3 heterocycles. The number of carboxylic acids is 1. The second-order valence-electron chi connectivity index (χ2n) is 22.4. The van der Waals surface area contributed by atoms with E-state index >= 15 is 0 Å². The topological polar surface area (TPSA) is 253 Å². The number of nitrogens with zero attached hydrogens (tertiary/aromatic N) is 9. The van der Waals surface area contributed by atoms with Gasteiger partial charge in [0.25, 0.3) is 0 Å². The molecule has 3 aliphatic rings. The van der Waals surface area contributed by atoms with Crippen LogP contribution in [0.15, 0.2) is 142 Å². The number of piperazine rings is 3. The molecule has 0 radical (unpaired) electrons. The molecule has 3 aliphatic heterocycles. The Morgan fingerprint density at radius 1 is 0.415 bits per heavy atom. The summed E-state index contributed by atoms with van der Waals surface area (Å²) < 4.78 is 78.3. The molecular formula is C63H80Cl6N12O10S3. The maximum atomic E-state index is 12.7. The number of nitrogens with one attached hydrogen (secondary N) is 2. The summed E-state index contributed by atoms with van der Waals surface area (Å²) in [7, 11) is -1.05. The molecule has 5 N–H and O–H groups in total. The molecule has 0 aromatic heterocycles. The van der Waals surface area contributed by atoms with E-state index in [1.165, 1.54) is 81.4 Å². The van der Waals surface area contributed by atoms with Gasteiger partial charge < -0.3 is 50.9 Å². The maximum Gasteiger partial charge on any atom is 0.304 e. The number of carboxylic acid groups (broad SMARTS) is 1. The Morgan fingerprint density at radius 3 is 0.936 bits per heavy atom. The van der Waals surface area contributed by atoms with E-state index in [4.69, 9.17) is 80.4 Å². The third kappa shape index (κ3) is 22.4. The quantitative estimate of drug-likeness (QED) is 0.0519. The number of likely N-dealkylation sites (N-methyl/N-ethyl adjacent to an activating group) is 3. The average Bonchev–Trinajstić information content (AvgIpc) is 0.816. The van der Waals surface area contributed by atoms with Crippen LogP contribution in [0.1, 0.15) is 19.3 Å². The van der Waals surface area contributed by atoms with Gasteiger partial charge in [-0.15, -0.1) is 0 Å². The van der Waals surface area contributed by atoms with Gasteiger partial charge in [-0.2, -0.15) is 0 Å². The van der Waals surface area contributed by atoms with E-state index in [1.807, 2.05) is 60.7 Å². The predicted molar refractivity (Wildman–Crippen MR) is 380 cm³/mol. The summed E-state index contributed by atoms with van der Waals surface area (Å²) in [6, 6.07) is 36.6. The van der Waals surface area contributed by atoms with Crippen LogP contribution in [0.3, 0.4) is 0 Å².